The summed E-state index contributed by atoms with van der Waals surface area (Å²) in [5.41, 5.74) is 0. The molecule has 0 spiro atoms. The Kier molecular flexibility index (Phi) is 6.00. The molecule has 2 rings (SSSR count). The number of ether oxygens (including phenoxy) is 1. The Labute approximate surface area is 136 Å². The predicted octanol–water partition coefficient (Wildman–Crippen LogP) is 2.48. The van der Waals surface area contributed by atoms with Crippen molar-refractivity contribution in [2.24, 2.45) is 5.92 Å². The molecule has 0 radical (unpaired) electrons. The number of hydrogen-bond donors (Lipinski definition) is 1. The molecule has 124 valence electrons. The first kappa shape index (κ1) is 17.4. The third-order valence-corrected chi connectivity index (χ3v) is 6.17. The zero-order valence-electron chi connectivity index (χ0n) is 13.0. The highest BCUT2D eigenvalue weighted by Crippen LogP contribution is 2.26. The van der Waals surface area contributed by atoms with Gasteiger partial charge in [0.15, 0.2) is 9.84 Å². The maximum Gasteiger partial charge on any atom is 0.262 e. The lowest BCUT2D eigenvalue weighted by Gasteiger charge is -2.28. The zero-order chi connectivity index (χ0) is 16.2. The third kappa shape index (κ3) is 4.54. The first-order chi connectivity index (χ1) is 10.4. The number of amides is 1. The van der Waals surface area contributed by atoms with Crippen LogP contribution < -0.4 is 5.32 Å². The molecule has 22 heavy (non-hydrogen) atoms. The lowest BCUT2D eigenvalue weighted by atomic mass is 9.88. The Hall–Kier alpha value is -0.920. The molecule has 0 saturated heterocycles. The van der Waals surface area contributed by atoms with Crippen molar-refractivity contribution in [3.8, 4) is 0 Å². The first-order valence-corrected chi connectivity index (χ1v) is 10.3. The summed E-state index contributed by atoms with van der Waals surface area (Å²) in [6.07, 6.45) is 6.14. The van der Waals surface area contributed by atoms with Gasteiger partial charge in [-0.25, -0.2) is 8.42 Å². The fraction of sp³-hybridized carbons (Fsp3) is 0.667. The van der Waals surface area contributed by atoms with E-state index in [1.54, 1.807) is 5.38 Å². The van der Waals surface area contributed by atoms with Crippen LogP contribution in [-0.4, -0.2) is 39.8 Å². The minimum Gasteiger partial charge on any atom is -0.376 e. The summed E-state index contributed by atoms with van der Waals surface area (Å²) < 4.78 is 29.0. The largest absolute Gasteiger partial charge is 0.376 e. The molecule has 0 bridgehead atoms. The number of sulfone groups is 1. The Morgan fingerprint density at radius 1 is 1.41 bits per heavy atom. The van der Waals surface area contributed by atoms with Crippen LogP contribution in [0, 0.1) is 5.92 Å². The second-order valence-corrected chi connectivity index (χ2v) is 8.71. The molecule has 1 aliphatic rings. The van der Waals surface area contributed by atoms with Crippen LogP contribution in [0.2, 0.25) is 0 Å². The summed E-state index contributed by atoms with van der Waals surface area (Å²) in [4.78, 5) is 12.4. The predicted molar refractivity (Wildman–Crippen MR) is 87.1 cm³/mol. The van der Waals surface area contributed by atoms with Gasteiger partial charge in [-0.05, 0) is 30.2 Å². The summed E-state index contributed by atoms with van der Waals surface area (Å²) in [7, 11) is -3.37. The highest BCUT2D eigenvalue weighted by molar-refractivity contribution is 7.91. The molecule has 1 amide bonds. The normalized spacial score (nSPS) is 22.5. The third-order valence-electron chi connectivity index (χ3n) is 3.99. The molecule has 1 heterocycles. The van der Waals surface area contributed by atoms with Gasteiger partial charge in [0, 0.05) is 12.8 Å². The van der Waals surface area contributed by atoms with E-state index >= 15 is 0 Å². The van der Waals surface area contributed by atoms with Crippen molar-refractivity contribution in [2.45, 2.75) is 43.6 Å². The van der Waals surface area contributed by atoms with Crippen LogP contribution in [-0.2, 0) is 14.6 Å². The number of carbonyl (C=O) groups is 1. The van der Waals surface area contributed by atoms with Gasteiger partial charge in [-0.2, -0.15) is 0 Å². The van der Waals surface area contributed by atoms with Crippen molar-refractivity contribution in [1.29, 1.82) is 0 Å². The van der Waals surface area contributed by atoms with E-state index in [-0.39, 0.29) is 21.8 Å². The van der Waals surface area contributed by atoms with Gasteiger partial charge in [-0.15, -0.1) is 11.3 Å². The van der Waals surface area contributed by atoms with Crippen LogP contribution in [0.3, 0.4) is 0 Å². The average Bonchev–Trinajstić information content (AvgIpc) is 2.94. The van der Waals surface area contributed by atoms with Gasteiger partial charge in [0.1, 0.15) is 4.88 Å². The molecule has 5 nitrogen and oxygen atoms in total. The molecule has 1 aromatic heterocycles. The number of thiophene rings is 1. The zero-order valence-corrected chi connectivity index (χ0v) is 14.6. The van der Waals surface area contributed by atoms with Crippen LogP contribution >= 0.6 is 11.3 Å². The Morgan fingerprint density at radius 2 is 2.14 bits per heavy atom. The Balaban J connectivity index is 1.80. The minimum atomic E-state index is -3.37. The van der Waals surface area contributed by atoms with E-state index in [9.17, 15) is 13.2 Å². The monoisotopic (exact) mass is 345 g/mol. The lowest BCUT2D eigenvalue weighted by molar-refractivity contribution is -0.00293. The fourth-order valence-electron chi connectivity index (χ4n) is 2.74. The molecular formula is C15H23NO4S2. The van der Waals surface area contributed by atoms with E-state index < -0.39 is 9.84 Å². The van der Waals surface area contributed by atoms with E-state index in [4.69, 9.17) is 4.74 Å². The van der Waals surface area contributed by atoms with Gasteiger partial charge in [-0.3, -0.25) is 4.79 Å². The highest BCUT2D eigenvalue weighted by Gasteiger charge is 2.22. The quantitative estimate of drug-likeness (QED) is 0.804. The topological polar surface area (TPSA) is 72.5 Å². The second kappa shape index (κ2) is 7.57. The summed E-state index contributed by atoms with van der Waals surface area (Å²) >= 11 is 1.14. The minimum absolute atomic E-state index is 0.0943. The van der Waals surface area contributed by atoms with E-state index in [0.717, 1.165) is 24.0 Å². The van der Waals surface area contributed by atoms with Crippen molar-refractivity contribution < 1.29 is 17.9 Å². The molecular weight excluding hydrogens is 322 g/mol. The number of nitrogens with one attached hydrogen (secondary N) is 1. The standard InChI is InChI=1S/C15H23NO4S2/c1-11-5-3-4-6-12(11)20-9-8-16-15(17)14-13(7-10-21-14)22(2,18)19/h7,10-12H,3-6,8-9H2,1-2H3,(H,16,17)/t11-,12-/m0/s1. The van der Waals surface area contributed by atoms with E-state index in [0.29, 0.717) is 19.1 Å². The Bertz CT molecular complexity index is 609. The fourth-order valence-corrected chi connectivity index (χ4v) is 4.87. The average molecular weight is 345 g/mol. The summed E-state index contributed by atoms with van der Waals surface area (Å²) in [6.45, 7) is 3.05. The van der Waals surface area contributed by atoms with Gasteiger partial charge in [0.2, 0.25) is 0 Å². The van der Waals surface area contributed by atoms with Crippen molar-refractivity contribution in [2.75, 3.05) is 19.4 Å². The summed E-state index contributed by atoms with van der Waals surface area (Å²) in [5.74, 6) is 0.217. The van der Waals surface area contributed by atoms with Crippen molar-refractivity contribution in [1.82, 2.24) is 5.32 Å². The molecule has 2 atom stereocenters. The van der Waals surface area contributed by atoms with Gasteiger partial charge in [0.05, 0.1) is 17.6 Å². The molecule has 0 unspecified atom stereocenters. The van der Waals surface area contributed by atoms with Gasteiger partial charge >= 0.3 is 0 Å². The lowest BCUT2D eigenvalue weighted by Crippen LogP contribution is -2.32. The Morgan fingerprint density at radius 3 is 2.82 bits per heavy atom. The van der Waals surface area contributed by atoms with Crippen molar-refractivity contribution in [3.05, 3.63) is 16.3 Å². The highest BCUT2D eigenvalue weighted by atomic mass is 32.2. The van der Waals surface area contributed by atoms with Crippen LogP contribution in [0.4, 0.5) is 0 Å². The van der Waals surface area contributed by atoms with Crippen LogP contribution in [0.5, 0.6) is 0 Å². The maximum atomic E-state index is 12.1. The maximum absolute atomic E-state index is 12.1. The molecule has 7 heteroatoms. The smallest absolute Gasteiger partial charge is 0.262 e. The first-order valence-electron chi connectivity index (χ1n) is 7.57. The van der Waals surface area contributed by atoms with Crippen LogP contribution in [0.25, 0.3) is 0 Å². The molecule has 0 aliphatic heterocycles. The number of carbonyl (C=O) groups excluding carboxylic acids is 1. The van der Waals surface area contributed by atoms with E-state index in [1.165, 1.54) is 25.3 Å². The summed E-state index contributed by atoms with van der Waals surface area (Å²) in [5, 5.41) is 4.35. The molecule has 1 aromatic rings. The molecule has 0 aromatic carbocycles. The molecule has 1 saturated carbocycles. The van der Waals surface area contributed by atoms with Crippen LogP contribution in [0.1, 0.15) is 42.3 Å². The van der Waals surface area contributed by atoms with E-state index in [1.807, 2.05) is 0 Å². The SMILES string of the molecule is C[C@H]1CCCC[C@@H]1OCCNC(=O)c1sccc1S(C)(=O)=O. The molecule has 1 aliphatic carbocycles. The number of rotatable bonds is 6. The molecule has 1 N–H and O–H groups in total. The van der Waals surface area contributed by atoms with Gasteiger partial charge < -0.3 is 10.1 Å². The van der Waals surface area contributed by atoms with Gasteiger partial charge in [-0.1, -0.05) is 19.8 Å². The molecule has 1 fully saturated rings. The van der Waals surface area contributed by atoms with E-state index in [2.05, 4.69) is 12.2 Å². The summed E-state index contributed by atoms with van der Waals surface area (Å²) in [6, 6.07) is 1.47. The van der Waals surface area contributed by atoms with Crippen LogP contribution in [0.15, 0.2) is 16.3 Å². The number of hydrogen-bond acceptors (Lipinski definition) is 5. The van der Waals surface area contributed by atoms with Crippen molar-refractivity contribution in [3.63, 3.8) is 0 Å². The second-order valence-electron chi connectivity index (χ2n) is 5.81. The van der Waals surface area contributed by atoms with Gasteiger partial charge in [0.25, 0.3) is 5.91 Å². The van der Waals surface area contributed by atoms with Crippen molar-refractivity contribution >= 4 is 27.1 Å².